The Labute approximate surface area is 374 Å². The smallest absolute Gasteiger partial charge is 0.509 e. The van der Waals surface area contributed by atoms with Crippen LogP contribution in [0.2, 0.25) is 0 Å². The Hall–Kier alpha value is -4.68. The minimum absolute atomic E-state index is 0. The number of benzene rings is 4. The van der Waals surface area contributed by atoms with E-state index in [2.05, 4.69) is 136 Å². The van der Waals surface area contributed by atoms with Gasteiger partial charge in [0, 0.05) is 28.8 Å². The van der Waals surface area contributed by atoms with Crippen LogP contribution in [0.15, 0.2) is 85.1 Å². The topological polar surface area (TPSA) is 44.9 Å². The van der Waals surface area contributed by atoms with Crippen LogP contribution in [0.3, 0.4) is 0 Å². The first-order chi connectivity index (χ1) is 27.9. The van der Waals surface area contributed by atoms with E-state index in [1.54, 1.807) is 4.57 Å². The first-order valence-electron chi connectivity index (χ1n) is 20.9. The standard InChI is InChI=1S/C52H57F3N4O.Pt/c1-31(2)22-45-47(33-23-35(49(5,6)7)25-36(24-33)50(8,9)10)48(32(3)4)57-59(45)38-26-37(51(11,12)13)27-40(29-38)60-39-18-19-42-41-16-14-15-17-43(41)58(44(42)30-39)46-28-34(20-21-56-46)52(53,54)55;/h14-21,23-28,31-32H,22H2,1-13H3;/q-2;+2. The summed E-state index contributed by atoms with van der Waals surface area (Å²) in [6.45, 7) is 29.0. The van der Waals surface area contributed by atoms with Gasteiger partial charge in [0.05, 0.1) is 17.0 Å². The van der Waals surface area contributed by atoms with Crippen LogP contribution >= 0.6 is 0 Å². The number of alkyl halides is 3. The molecule has 3 heterocycles. The van der Waals surface area contributed by atoms with Crippen molar-refractivity contribution < 1.29 is 39.0 Å². The molecule has 0 fully saturated rings. The van der Waals surface area contributed by atoms with Crippen LogP contribution < -0.4 is 4.74 Å². The Bertz CT molecular complexity index is 2690. The Morgan fingerprint density at radius 3 is 1.89 bits per heavy atom. The van der Waals surface area contributed by atoms with E-state index in [4.69, 9.17) is 9.84 Å². The van der Waals surface area contributed by atoms with Gasteiger partial charge in [-0.25, -0.2) is 4.98 Å². The number of rotatable bonds is 8. The first kappa shape index (κ1) is 45.8. The molecule has 0 aliphatic rings. The van der Waals surface area contributed by atoms with Crippen molar-refractivity contribution in [3.8, 4) is 34.1 Å². The van der Waals surface area contributed by atoms with Crippen LogP contribution in [0.5, 0.6) is 11.5 Å². The van der Waals surface area contributed by atoms with E-state index < -0.39 is 11.7 Å². The fourth-order valence-corrected chi connectivity index (χ4v) is 7.74. The summed E-state index contributed by atoms with van der Waals surface area (Å²) in [5.74, 6) is 1.50. The Balaban J connectivity index is 0.00000622. The molecule has 0 radical (unpaired) electrons. The number of para-hydroxylation sites is 1. The van der Waals surface area contributed by atoms with Gasteiger partial charge in [0.2, 0.25) is 0 Å². The van der Waals surface area contributed by atoms with Gasteiger partial charge in [0.25, 0.3) is 0 Å². The first-order valence-corrected chi connectivity index (χ1v) is 20.9. The fourth-order valence-electron chi connectivity index (χ4n) is 7.74. The summed E-state index contributed by atoms with van der Waals surface area (Å²) in [4.78, 5) is 4.38. The van der Waals surface area contributed by atoms with Gasteiger partial charge in [-0.15, -0.1) is 41.3 Å². The van der Waals surface area contributed by atoms with Gasteiger partial charge in [-0.2, -0.15) is 24.3 Å². The molecule has 5 nitrogen and oxygen atoms in total. The molecular formula is C52H57F3N4OPt. The molecule has 4 aromatic carbocycles. The molecule has 0 spiro atoms. The molecule has 0 atom stereocenters. The maximum absolute atomic E-state index is 13.9. The van der Waals surface area contributed by atoms with Gasteiger partial charge in [0.15, 0.2) is 0 Å². The van der Waals surface area contributed by atoms with E-state index in [1.165, 1.54) is 28.5 Å². The second-order valence-electron chi connectivity index (χ2n) is 20.0. The number of ether oxygens (including phenoxy) is 1. The summed E-state index contributed by atoms with van der Waals surface area (Å²) in [5.41, 5.74) is 9.02. The summed E-state index contributed by atoms with van der Waals surface area (Å²) in [5, 5.41) is 7.12. The van der Waals surface area contributed by atoms with Crippen LogP contribution in [-0.4, -0.2) is 19.3 Å². The summed E-state index contributed by atoms with van der Waals surface area (Å²) < 4.78 is 52.2. The van der Waals surface area contributed by atoms with Crippen LogP contribution in [0, 0.1) is 18.1 Å². The average Bonchev–Trinajstić information content (AvgIpc) is 3.69. The van der Waals surface area contributed by atoms with Crippen LogP contribution in [-0.2, 0) is 49.9 Å². The Kier molecular flexibility index (Phi) is 12.4. The van der Waals surface area contributed by atoms with E-state index in [1.807, 2.05) is 42.5 Å². The average molecular weight is 1010 g/mol. The van der Waals surface area contributed by atoms with Crippen molar-refractivity contribution in [2.24, 2.45) is 5.92 Å². The largest absolute Gasteiger partial charge is 2.00 e. The predicted octanol–water partition coefficient (Wildman–Crippen LogP) is 14.7. The monoisotopic (exact) mass is 1010 g/mol. The number of pyridine rings is 1. The molecule has 0 amide bonds. The van der Waals surface area contributed by atoms with E-state index >= 15 is 0 Å². The number of hydrogen-bond acceptors (Lipinski definition) is 3. The summed E-state index contributed by atoms with van der Waals surface area (Å²) >= 11 is 0. The predicted molar refractivity (Wildman–Crippen MR) is 239 cm³/mol. The summed E-state index contributed by atoms with van der Waals surface area (Å²) in [6.07, 6.45) is -2.54. The van der Waals surface area contributed by atoms with E-state index in [0.717, 1.165) is 52.0 Å². The minimum Gasteiger partial charge on any atom is -0.509 e. The van der Waals surface area contributed by atoms with E-state index in [-0.39, 0.29) is 49.0 Å². The van der Waals surface area contributed by atoms with Crippen LogP contribution in [0.4, 0.5) is 13.2 Å². The molecule has 0 unspecified atom stereocenters. The van der Waals surface area contributed by atoms with E-state index in [9.17, 15) is 13.2 Å². The van der Waals surface area contributed by atoms with Crippen LogP contribution in [0.25, 0.3) is 44.4 Å². The third-order valence-electron chi connectivity index (χ3n) is 11.1. The number of aromatic nitrogens is 4. The molecule has 7 rings (SSSR count). The maximum atomic E-state index is 13.9. The van der Waals surface area contributed by atoms with Crippen molar-refractivity contribution >= 4 is 21.8 Å². The molecule has 7 aromatic rings. The molecule has 322 valence electrons. The molecule has 0 saturated carbocycles. The van der Waals surface area contributed by atoms with Gasteiger partial charge in [-0.05, 0) is 80.5 Å². The summed E-state index contributed by atoms with van der Waals surface area (Å²) in [6, 6.07) is 31.7. The zero-order valence-electron chi connectivity index (χ0n) is 37.6. The molecule has 0 aliphatic heterocycles. The molecule has 61 heavy (non-hydrogen) atoms. The third-order valence-corrected chi connectivity index (χ3v) is 11.1. The van der Waals surface area contributed by atoms with Crippen molar-refractivity contribution in [2.45, 2.75) is 125 Å². The molecule has 9 heteroatoms. The van der Waals surface area contributed by atoms with Gasteiger partial charge >= 0.3 is 27.2 Å². The van der Waals surface area contributed by atoms with Gasteiger partial charge in [-0.1, -0.05) is 132 Å². The normalized spacial score (nSPS) is 12.8. The van der Waals surface area contributed by atoms with Gasteiger partial charge in [0.1, 0.15) is 5.82 Å². The quantitative estimate of drug-likeness (QED) is 0.143. The zero-order valence-corrected chi connectivity index (χ0v) is 39.9. The van der Waals surface area contributed by atoms with Crippen molar-refractivity contribution in [2.75, 3.05) is 0 Å². The number of fused-ring (bicyclic) bond motifs is 3. The second-order valence-corrected chi connectivity index (χ2v) is 20.0. The Morgan fingerprint density at radius 1 is 0.672 bits per heavy atom. The number of halogens is 3. The maximum Gasteiger partial charge on any atom is 2.00 e. The fraction of sp³-hybridized carbons (Fsp3) is 0.385. The number of nitrogens with zero attached hydrogens (tertiary/aromatic N) is 4. The van der Waals surface area contributed by atoms with Crippen molar-refractivity contribution in [1.82, 2.24) is 19.3 Å². The van der Waals surface area contributed by atoms with Crippen molar-refractivity contribution in [3.05, 3.63) is 131 Å². The molecule has 0 bridgehead atoms. The molecular weight excluding hydrogens is 949 g/mol. The van der Waals surface area contributed by atoms with E-state index in [0.29, 0.717) is 28.5 Å². The molecule has 0 N–H and O–H groups in total. The molecule has 0 saturated heterocycles. The summed E-state index contributed by atoms with van der Waals surface area (Å²) in [7, 11) is 0. The van der Waals surface area contributed by atoms with Gasteiger partial charge < -0.3 is 9.30 Å². The molecule has 0 aliphatic carbocycles. The minimum atomic E-state index is -4.52. The van der Waals surface area contributed by atoms with Crippen LogP contribution in [0.1, 0.15) is 130 Å². The van der Waals surface area contributed by atoms with Gasteiger partial charge in [-0.3, -0.25) is 4.68 Å². The Morgan fingerprint density at radius 2 is 1.30 bits per heavy atom. The molecule has 3 aromatic heterocycles. The zero-order chi connectivity index (χ0) is 43.7. The van der Waals surface area contributed by atoms with Crippen molar-refractivity contribution in [1.29, 1.82) is 0 Å². The SMILES string of the molecule is CC(C)Cc1c(-c2cc(C(C)(C)C)cc(C(C)(C)C)c2)c(C(C)C)nn1-c1[c-]c(Oc2[c-]c3c(cc2)c2ccccc2n3-c2cc(C(F)(F)F)ccn2)cc(C(C)(C)C)c1.[Pt+2]. The number of hydrogen-bond donors (Lipinski definition) is 0. The second kappa shape index (κ2) is 16.5. The van der Waals surface area contributed by atoms with Crippen molar-refractivity contribution in [3.63, 3.8) is 0 Å². The third kappa shape index (κ3) is 9.40.